The Bertz CT molecular complexity index is 646. The fourth-order valence-corrected chi connectivity index (χ4v) is 2.73. The highest BCUT2D eigenvalue weighted by atomic mass is 19.4. The Morgan fingerprint density at radius 2 is 2.15 bits per heavy atom. The molecule has 1 unspecified atom stereocenters. The van der Waals surface area contributed by atoms with Crippen molar-refractivity contribution in [3.63, 3.8) is 0 Å². The molecule has 0 aromatic heterocycles. The predicted octanol–water partition coefficient (Wildman–Crippen LogP) is 2.73. The number of hydrogen-bond donors (Lipinski definition) is 1. The normalized spacial score (nSPS) is 17.0. The first-order valence-electron chi connectivity index (χ1n) is 8.74. The van der Waals surface area contributed by atoms with Crippen LogP contribution in [0.4, 0.5) is 18.9 Å². The van der Waals surface area contributed by atoms with E-state index in [9.17, 15) is 22.8 Å². The van der Waals surface area contributed by atoms with Crippen molar-refractivity contribution in [1.82, 2.24) is 4.90 Å². The van der Waals surface area contributed by atoms with E-state index >= 15 is 0 Å². The summed E-state index contributed by atoms with van der Waals surface area (Å²) in [6.45, 7) is 2.11. The van der Waals surface area contributed by atoms with E-state index in [0.29, 0.717) is 29.4 Å². The Balaban J connectivity index is 1.86. The molecule has 1 aromatic carbocycles. The topological polar surface area (TPSA) is 67.9 Å². The lowest BCUT2D eigenvalue weighted by molar-refractivity contribution is -0.185. The summed E-state index contributed by atoms with van der Waals surface area (Å²) in [6.07, 6.45) is -3.00. The number of anilines is 1. The summed E-state index contributed by atoms with van der Waals surface area (Å²) in [6, 6.07) is 6.34. The largest absolute Gasteiger partial charge is 0.471 e. The fourth-order valence-electron chi connectivity index (χ4n) is 2.73. The first-order chi connectivity index (χ1) is 12.8. The Labute approximate surface area is 155 Å². The molecule has 2 amide bonds. The number of carbonyl (C=O) groups is 2. The molecule has 150 valence electrons. The molecule has 0 bridgehead atoms. The van der Waals surface area contributed by atoms with Crippen LogP contribution < -0.4 is 5.32 Å². The van der Waals surface area contributed by atoms with Crippen molar-refractivity contribution in [3.8, 4) is 0 Å². The van der Waals surface area contributed by atoms with E-state index in [1.807, 2.05) is 0 Å². The third-order valence-corrected chi connectivity index (χ3v) is 4.06. The molecule has 6 nitrogen and oxygen atoms in total. The molecule has 1 aliphatic rings. The number of hydrogen-bond acceptors (Lipinski definition) is 4. The number of amides is 2. The van der Waals surface area contributed by atoms with Gasteiger partial charge in [-0.2, -0.15) is 13.2 Å². The minimum atomic E-state index is -4.91. The standard InChI is InChI=1S/C18H23F3N2O4/c1-2-23(17(25)18(19,20)21)10-13-5-3-6-14(9-13)22-16(24)12-26-11-15-7-4-8-27-15/h3,5-6,9,15H,2,4,7-8,10-12H2,1H3,(H,22,24). The van der Waals surface area contributed by atoms with Crippen LogP contribution in [-0.4, -0.2) is 55.4 Å². The van der Waals surface area contributed by atoms with Gasteiger partial charge < -0.3 is 19.7 Å². The zero-order chi connectivity index (χ0) is 19.9. The lowest BCUT2D eigenvalue weighted by atomic mass is 10.2. The zero-order valence-corrected chi connectivity index (χ0v) is 15.1. The number of benzene rings is 1. The molecule has 9 heteroatoms. The molecule has 1 atom stereocenters. The number of alkyl halides is 3. The van der Waals surface area contributed by atoms with Gasteiger partial charge in [-0.3, -0.25) is 9.59 Å². The number of nitrogens with zero attached hydrogens (tertiary/aromatic N) is 1. The van der Waals surface area contributed by atoms with E-state index in [4.69, 9.17) is 9.47 Å². The first-order valence-corrected chi connectivity index (χ1v) is 8.74. The molecule has 1 saturated heterocycles. The van der Waals surface area contributed by atoms with Crippen LogP contribution in [0.15, 0.2) is 24.3 Å². The summed E-state index contributed by atoms with van der Waals surface area (Å²) in [7, 11) is 0. The average molecular weight is 388 g/mol. The first kappa shape index (κ1) is 21.2. The summed E-state index contributed by atoms with van der Waals surface area (Å²) >= 11 is 0. The molecule has 1 aliphatic heterocycles. The van der Waals surface area contributed by atoms with Crippen LogP contribution in [-0.2, 0) is 25.6 Å². The Hall–Kier alpha value is -2.13. The molecular weight excluding hydrogens is 365 g/mol. The molecule has 0 saturated carbocycles. The van der Waals surface area contributed by atoms with Gasteiger partial charge in [-0.25, -0.2) is 0 Å². The fraction of sp³-hybridized carbons (Fsp3) is 0.556. The van der Waals surface area contributed by atoms with Gasteiger partial charge in [0, 0.05) is 25.4 Å². The highest BCUT2D eigenvalue weighted by molar-refractivity contribution is 5.91. The van der Waals surface area contributed by atoms with Crippen molar-refractivity contribution in [3.05, 3.63) is 29.8 Å². The van der Waals surface area contributed by atoms with Gasteiger partial charge in [0.15, 0.2) is 0 Å². The van der Waals surface area contributed by atoms with Gasteiger partial charge in [-0.05, 0) is 37.5 Å². The molecule has 0 radical (unpaired) electrons. The molecule has 1 fully saturated rings. The minimum absolute atomic E-state index is 0.0207. The highest BCUT2D eigenvalue weighted by Gasteiger charge is 2.41. The second-order valence-corrected chi connectivity index (χ2v) is 6.22. The SMILES string of the molecule is CCN(Cc1cccc(NC(=O)COCC2CCCO2)c1)C(=O)C(F)(F)F. The molecule has 1 heterocycles. The smallest absolute Gasteiger partial charge is 0.376 e. The van der Waals surface area contributed by atoms with Gasteiger partial charge in [-0.15, -0.1) is 0 Å². The monoisotopic (exact) mass is 388 g/mol. The van der Waals surface area contributed by atoms with Crippen LogP contribution in [0.5, 0.6) is 0 Å². The number of ether oxygens (including phenoxy) is 2. The van der Waals surface area contributed by atoms with Gasteiger partial charge >= 0.3 is 12.1 Å². The van der Waals surface area contributed by atoms with Crippen LogP contribution in [0.1, 0.15) is 25.3 Å². The highest BCUT2D eigenvalue weighted by Crippen LogP contribution is 2.21. The maximum atomic E-state index is 12.6. The minimum Gasteiger partial charge on any atom is -0.376 e. The molecule has 1 N–H and O–H groups in total. The quantitative estimate of drug-likeness (QED) is 0.744. The Morgan fingerprint density at radius 1 is 1.37 bits per heavy atom. The Kier molecular flexibility index (Phi) is 7.61. The van der Waals surface area contributed by atoms with Crippen LogP contribution in [0, 0.1) is 0 Å². The average Bonchev–Trinajstić information content (AvgIpc) is 3.12. The number of halogens is 3. The van der Waals surface area contributed by atoms with Crippen molar-refractivity contribution in [1.29, 1.82) is 0 Å². The number of carbonyl (C=O) groups excluding carboxylic acids is 2. The summed E-state index contributed by atoms with van der Waals surface area (Å²) < 4.78 is 48.5. The third-order valence-electron chi connectivity index (χ3n) is 4.06. The van der Waals surface area contributed by atoms with E-state index in [1.165, 1.54) is 13.0 Å². The maximum absolute atomic E-state index is 12.6. The number of rotatable bonds is 8. The van der Waals surface area contributed by atoms with Crippen LogP contribution in [0.3, 0.4) is 0 Å². The third kappa shape index (κ3) is 6.84. The van der Waals surface area contributed by atoms with Gasteiger partial charge in [0.25, 0.3) is 0 Å². The predicted molar refractivity (Wildman–Crippen MR) is 92.0 cm³/mol. The maximum Gasteiger partial charge on any atom is 0.471 e. The van der Waals surface area contributed by atoms with E-state index in [-0.39, 0.29) is 31.7 Å². The molecule has 2 rings (SSSR count). The summed E-state index contributed by atoms with van der Waals surface area (Å²) in [5, 5.41) is 2.63. The van der Waals surface area contributed by atoms with Crippen LogP contribution in [0.2, 0.25) is 0 Å². The molecule has 27 heavy (non-hydrogen) atoms. The van der Waals surface area contributed by atoms with Gasteiger partial charge in [-0.1, -0.05) is 12.1 Å². The molecule has 0 aliphatic carbocycles. The second kappa shape index (κ2) is 9.70. The van der Waals surface area contributed by atoms with Crippen LogP contribution in [0.25, 0.3) is 0 Å². The van der Waals surface area contributed by atoms with Crippen molar-refractivity contribution >= 4 is 17.5 Å². The lowest BCUT2D eigenvalue weighted by Crippen LogP contribution is -2.40. The molecule has 1 aromatic rings. The van der Waals surface area contributed by atoms with Crippen molar-refractivity contribution < 1.29 is 32.2 Å². The lowest BCUT2D eigenvalue weighted by Gasteiger charge is -2.22. The summed E-state index contributed by atoms with van der Waals surface area (Å²) in [4.78, 5) is 24.0. The van der Waals surface area contributed by atoms with E-state index in [1.54, 1.807) is 18.2 Å². The van der Waals surface area contributed by atoms with E-state index < -0.39 is 12.1 Å². The zero-order valence-electron chi connectivity index (χ0n) is 15.1. The Morgan fingerprint density at radius 3 is 2.78 bits per heavy atom. The molecule has 0 spiro atoms. The summed E-state index contributed by atoms with van der Waals surface area (Å²) in [5.74, 6) is -2.26. The van der Waals surface area contributed by atoms with Crippen LogP contribution >= 0.6 is 0 Å². The van der Waals surface area contributed by atoms with Gasteiger partial charge in [0.05, 0.1) is 12.7 Å². The second-order valence-electron chi connectivity index (χ2n) is 6.22. The number of nitrogens with one attached hydrogen (secondary N) is 1. The van der Waals surface area contributed by atoms with E-state index in [0.717, 1.165) is 12.8 Å². The van der Waals surface area contributed by atoms with Crippen molar-refractivity contribution in [2.75, 3.05) is 31.7 Å². The summed E-state index contributed by atoms with van der Waals surface area (Å²) in [5.41, 5.74) is 0.904. The van der Waals surface area contributed by atoms with Crippen molar-refractivity contribution in [2.24, 2.45) is 0 Å². The van der Waals surface area contributed by atoms with Gasteiger partial charge in [0.2, 0.25) is 5.91 Å². The molecular formula is C18H23F3N2O4. The van der Waals surface area contributed by atoms with Gasteiger partial charge in [0.1, 0.15) is 6.61 Å². The van der Waals surface area contributed by atoms with Crippen molar-refractivity contribution in [2.45, 2.75) is 38.6 Å². The van der Waals surface area contributed by atoms with E-state index in [2.05, 4.69) is 5.32 Å².